The van der Waals surface area contributed by atoms with E-state index in [9.17, 15) is 0 Å². The lowest BCUT2D eigenvalue weighted by atomic mass is 10.0. The molecule has 6 rings (SSSR count). The van der Waals surface area contributed by atoms with Gasteiger partial charge in [-0.3, -0.25) is 5.26 Å². The predicted molar refractivity (Wildman–Crippen MR) is 162 cm³/mol. The second-order valence-corrected chi connectivity index (χ2v) is 11.0. The van der Waals surface area contributed by atoms with E-state index in [1.807, 2.05) is 18.2 Å². The summed E-state index contributed by atoms with van der Waals surface area (Å²) in [6.45, 7) is 0.00852. The molecule has 6 nitrogen and oxygen atoms in total. The summed E-state index contributed by atoms with van der Waals surface area (Å²) in [6, 6.07) is 33.7. The first-order valence-electron chi connectivity index (χ1n) is 12.6. The molecule has 4 aromatic carbocycles. The zero-order valence-electron chi connectivity index (χ0n) is 21.0. The highest BCUT2D eigenvalue weighted by atomic mass is 32.2. The number of para-hydroxylation sites is 2. The number of hydrogen-bond donors (Lipinski definition) is 2. The van der Waals surface area contributed by atoms with Gasteiger partial charge in [-0.25, -0.2) is 4.89 Å². The second kappa shape index (κ2) is 11.4. The van der Waals surface area contributed by atoms with E-state index in [1.165, 1.54) is 11.7 Å². The highest BCUT2D eigenvalue weighted by Gasteiger charge is 2.22. The van der Waals surface area contributed by atoms with Crippen molar-refractivity contribution in [1.82, 2.24) is 8.75 Å². The third kappa shape index (κ3) is 5.32. The average Bonchev–Trinajstić information content (AvgIpc) is 3.65. The van der Waals surface area contributed by atoms with E-state index in [0.29, 0.717) is 5.70 Å². The molecule has 1 atom stereocenters. The number of hydrogen-bond acceptors (Lipinski definition) is 8. The number of anilines is 3. The van der Waals surface area contributed by atoms with Gasteiger partial charge in [0.15, 0.2) is 0 Å². The number of allylic oxidation sites excluding steroid dienone is 1. The molecule has 0 aliphatic carbocycles. The molecule has 5 aromatic rings. The Balaban J connectivity index is 1.30. The molecule has 0 amide bonds. The van der Waals surface area contributed by atoms with Crippen molar-refractivity contribution in [3.8, 4) is 11.1 Å². The van der Waals surface area contributed by atoms with Gasteiger partial charge in [0.25, 0.3) is 0 Å². The average molecular weight is 551 g/mol. The van der Waals surface area contributed by atoms with Crippen LogP contribution in [0.3, 0.4) is 0 Å². The fourth-order valence-corrected chi connectivity index (χ4v) is 6.63. The van der Waals surface area contributed by atoms with Crippen molar-refractivity contribution in [2.45, 2.75) is 11.7 Å². The molecule has 0 spiro atoms. The minimum absolute atomic E-state index is 0.00852. The number of nitrogens with zero attached hydrogens (tertiary/aromatic N) is 3. The Morgan fingerprint density at radius 2 is 1.44 bits per heavy atom. The highest BCUT2D eigenvalue weighted by Crippen LogP contribution is 2.44. The molecule has 3 N–H and O–H groups in total. The summed E-state index contributed by atoms with van der Waals surface area (Å²) in [5.41, 5.74) is 14.8. The smallest absolute Gasteiger partial charge is 0.121 e. The van der Waals surface area contributed by atoms with Crippen molar-refractivity contribution in [3.63, 3.8) is 0 Å². The maximum absolute atomic E-state index is 8.64. The lowest BCUT2D eigenvalue weighted by Gasteiger charge is -2.25. The van der Waals surface area contributed by atoms with Gasteiger partial charge in [0.2, 0.25) is 0 Å². The van der Waals surface area contributed by atoms with Gasteiger partial charge in [0.1, 0.15) is 17.6 Å². The molecule has 194 valence electrons. The van der Waals surface area contributed by atoms with Crippen molar-refractivity contribution in [3.05, 3.63) is 120 Å². The molecule has 1 aromatic heterocycles. The van der Waals surface area contributed by atoms with Crippen molar-refractivity contribution in [1.29, 1.82) is 0 Å². The van der Waals surface area contributed by atoms with Gasteiger partial charge in [0, 0.05) is 44.0 Å². The van der Waals surface area contributed by atoms with E-state index >= 15 is 0 Å². The monoisotopic (exact) mass is 550 g/mol. The predicted octanol–water partition coefficient (Wildman–Crippen LogP) is 8.01. The quantitative estimate of drug-likeness (QED) is 0.150. The van der Waals surface area contributed by atoms with Crippen LogP contribution in [-0.4, -0.2) is 25.9 Å². The van der Waals surface area contributed by atoms with E-state index in [1.54, 1.807) is 11.8 Å². The lowest BCUT2D eigenvalue weighted by Crippen LogP contribution is -2.09. The van der Waals surface area contributed by atoms with E-state index in [4.69, 9.17) is 11.0 Å². The molecule has 0 saturated heterocycles. The molecule has 39 heavy (non-hydrogen) atoms. The van der Waals surface area contributed by atoms with Crippen LogP contribution in [0.25, 0.3) is 27.1 Å². The number of rotatable bonds is 8. The number of fused-ring (bicyclic) bond motifs is 1. The fraction of sp³-hybridized carbons (Fsp3) is 0.0968. The van der Waals surface area contributed by atoms with Crippen LogP contribution >= 0.6 is 23.5 Å². The van der Waals surface area contributed by atoms with Crippen LogP contribution in [0.5, 0.6) is 0 Å². The summed E-state index contributed by atoms with van der Waals surface area (Å²) in [5, 5.41) is 8.84. The molecule has 0 radical (unpaired) electrons. The molecular weight excluding hydrogens is 525 g/mol. The van der Waals surface area contributed by atoms with Crippen molar-refractivity contribution in [2.24, 2.45) is 5.73 Å². The van der Waals surface area contributed by atoms with E-state index in [0.717, 1.165) is 56.1 Å². The Hall–Kier alpha value is -3.95. The van der Waals surface area contributed by atoms with Gasteiger partial charge in [-0.1, -0.05) is 66.7 Å². The molecule has 0 bridgehead atoms. The van der Waals surface area contributed by atoms with Crippen LogP contribution in [0.2, 0.25) is 0 Å². The van der Waals surface area contributed by atoms with Crippen LogP contribution in [0.4, 0.5) is 17.1 Å². The standard InChI is InChI=1S/C31H26N4O2S2/c32-22(20-37-36)19-26-15-18-29(38-26)28-17-16-27(30-31(28)34-39-33-30)21-11-13-25(14-12-21)35(23-7-3-1-4-8-23)24-9-5-2-6-10-24/h1-14,16-19,26,36H,15,20,32H2/b22-19+. The SMILES string of the molecule is N/C(=C/C1CC=C(c2ccc(-c3ccc(N(c4ccccc4)c4ccccc4)cc3)c3nsnc23)S1)COO. The number of aromatic nitrogens is 2. The maximum atomic E-state index is 8.64. The molecule has 8 heteroatoms. The summed E-state index contributed by atoms with van der Waals surface area (Å²) in [5.74, 6) is 0. The van der Waals surface area contributed by atoms with Crippen LogP contribution in [-0.2, 0) is 4.89 Å². The van der Waals surface area contributed by atoms with Gasteiger partial charge in [-0.15, -0.1) is 11.8 Å². The highest BCUT2D eigenvalue weighted by molar-refractivity contribution is 8.09. The van der Waals surface area contributed by atoms with Gasteiger partial charge < -0.3 is 10.6 Å². The normalized spacial score (nSPS) is 15.5. The van der Waals surface area contributed by atoms with Gasteiger partial charge in [0.05, 0.1) is 11.7 Å². The third-order valence-corrected chi connectivity index (χ3v) is 8.39. The molecule has 0 fully saturated rings. The van der Waals surface area contributed by atoms with E-state index in [-0.39, 0.29) is 11.9 Å². The Morgan fingerprint density at radius 3 is 2.08 bits per heavy atom. The van der Waals surface area contributed by atoms with Gasteiger partial charge >= 0.3 is 0 Å². The Kier molecular flexibility index (Phi) is 7.42. The molecule has 1 aliphatic rings. The summed E-state index contributed by atoms with van der Waals surface area (Å²) in [6.07, 6.45) is 5.00. The summed E-state index contributed by atoms with van der Waals surface area (Å²) < 4.78 is 9.34. The molecule has 1 unspecified atom stereocenters. The van der Waals surface area contributed by atoms with Gasteiger partial charge in [-0.2, -0.15) is 8.75 Å². The lowest BCUT2D eigenvalue weighted by molar-refractivity contribution is -0.234. The Bertz CT molecular complexity index is 1590. The first kappa shape index (κ1) is 25.3. The van der Waals surface area contributed by atoms with E-state index in [2.05, 4.69) is 110 Å². The number of nitrogens with two attached hydrogens (primary N) is 1. The summed E-state index contributed by atoms with van der Waals surface area (Å²) in [4.78, 5) is 7.57. The maximum Gasteiger partial charge on any atom is 0.121 e. The summed E-state index contributed by atoms with van der Waals surface area (Å²) >= 11 is 2.97. The fourth-order valence-electron chi connectivity index (χ4n) is 4.81. The largest absolute Gasteiger partial charge is 0.400 e. The molecule has 0 saturated carbocycles. The van der Waals surface area contributed by atoms with Crippen LogP contribution in [0, 0.1) is 0 Å². The summed E-state index contributed by atoms with van der Waals surface area (Å²) in [7, 11) is 0. The van der Waals surface area contributed by atoms with Crippen molar-refractivity contribution < 1.29 is 10.1 Å². The van der Waals surface area contributed by atoms with Crippen LogP contribution < -0.4 is 10.6 Å². The molecule has 1 aliphatic heterocycles. The molecular formula is C31H26N4O2S2. The zero-order chi connectivity index (χ0) is 26.6. The van der Waals surface area contributed by atoms with Crippen molar-refractivity contribution >= 4 is 56.5 Å². The topological polar surface area (TPSA) is 84.5 Å². The zero-order valence-corrected chi connectivity index (χ0v) is 22.6. The first-order chi connectivity index (χ1) is 19.2. The number of thioether (sulfide) groups is 1. The van der Waals surface area contributed by atoms with Crippen molar-refractivity contribution in [2.75, 3.05) is 11.5 Å². The third-order valence-electron chi connectivity index (χ3n) is 6.59. The number of benzene rings is 4. The minimum atomic E-state index is 0.00852. The van der Waals surface area contributed by atoms with Crippen LogP contribution in [0.1, 0.15) is 12.0 Å². The second-order valence-electron chi connectivity index (χ2n) is 9.15. The minimum Gasteiger partial charge on any atom is -0.400 e. The molecule has 2 heterocycles. The Morgan fingerprint density at radius 1 is 0.846 bits per heavy atom. The van der Waals surface area contributed by atoms with Crippen LogP contribution in [0.15, 0.2) is 115 Å². The Labute approximate surface area is 235 Å². The first-order valence-corrected chi connectivity index (χ1v) is 14.2. The van der Waals surface area contributed by atoms with E-state index < -0.39 is 0 Å². The van der Waals surface area contributed by atoms with Gasteiger partial charge in [-0.05, 0) is 54.5 Å².